The Balaban J connectivity index is 0.000000132. The maximum Gasteiger partial charge on any atom is 0.200 e. The molecule has 2 heterocycles. The highest BCUT2D eigenvalue weighted by atomic mass is 16.3. The SMILES string of the molecule is Cc1ccc2oc3ccccc3c(=O)c2c1.O=c1c2ccccc2oc2ccccc12. The lowest BCUT2D eigenvalue weighted by Gasteiger charge is -2.01. The summed E-state index contributed by atoms with van der Waals surface area (Å²) in [5.74, 6) is 0. The molecule has 0 aliphatic carbocycles. The number of hydrogen-bond acceptors (Lipinski definition) is 4. The van der Waals surface area contributed by atoms with E-state index < -0.39 is 0 Å². The van der Waals surface area contributed by atoms with Crippen LogP contribution in [-0.4, -0.2) is 0 Å². The summed E-state index contributed by atoms with van der Waals surface area (Å²) in [6.07, 6.45) is 0. The number of hydrogen-bond donors (Lipinski definition) is 0. The molecule has 4 nitrogen and oxygen atoms in total. The molecular formula is C27H18O4. The van der Waals surface area contributed by atoms with E-state index in [-0.39, 0.29) is 10.9 Å². The van der Waals surface area contributed by atoms with Crippen LogP contribution in [0.3, 0.4) is 0 Å². The van der Waals surface area contributed by atoms with Crippen LogP contribution < -0.4 is 10.9 Å². The Morgan fingerprint density at radius 2 is 0.871 bits per heavy atom. The zero-order valence-electron chi connectivity index (χ0n) is 16.8. The van der Waals surface area contributed by atoms with Gasteiger partial charge in [-0.3, -0.25) is 9.59 Å². The Bertz CT molecular complexity index is 1630. The van der Waals surface area contributed by atoms with Crippen LogP contribution in [0.5, 0.6) is 0 Å². The monoisotopic (exact) mass is 406 g/mol. The van der Waals surface area contributed by atoms with E-state index in [9.17, 15) is 9.59 Å². The lowest BCUT2D eigenvalue weighted by atomic mass is 10.1. The second kappa shape index (κ2) is 7.58. The Morgan fingerprint density at radius 1 is 0.484 bits per heavy atom. The average molecular weight is 406 g/mol. The molecule has 4 aromatic carbocycles. The van der Waals surface area contributed by atoms with Crippen molar-refractivity contribution in [3.05, 3.63) is 117 Å². The third-order valence-electron chi connectivity index (χ3n) is 5.21. The molecule has 0 N–H and O–H groups in total. The van der Waals surface area contributed by atoms with Gasteiger partial charge in [-0.25, -0.2) is 0 Å². The summed E-state index contributed by atoms with van der Waals surface area (Å²) in [4.78, 5) is 24.2. The first-order valence-electron chi connectivity index (χ1n) is 9.94. The second-order valence-corrected chi connectivity index (χ2v) is 7.35. The predicted molar refractivity (Wildman–Crippen MR) is 125 cm³/mol. The van der Waals surface area contributed by atoms with Gasteiger partial charge in [0.15, 0.2) is 0 Å². The molecule has 0 aliphatic heterocycles. The normalized spacial score (nSPS) is 11.0. The Kier molecular flexibility index (Phi) is 4.60. The summed E-state index contributed by atoms with van der Waals surface area (Å²) < 4.78 is 11.3. The van der Waals surface area contributed by atoms with Crippen LogP contribution in [-0.2, 0) is 0 Å². The van der Waals surface area contributed by atoms with Gasteiger partial charge >= 0.3 is 0 Å². The summed E-state index contributed by atoms with van der Waals surface area (Å²) in [6.45, 7) is 1.97. The standard InChI is InChI=1S/C14H10O2.C13H8O2/c1-9-6-7-13-11(8-9)14(15)10-4-2-3-5-12(10)16-13;14-13-9-5-1-3-7-11(9)15-12-8-4-2-6-10(12)13/h2-8H,1H3;1-8H. The van der Waals surface area contributed by atoms with Crippen molar-refractivity contribution in [1.29, 1.82) is 0 Å². The largest absolute Gasteiger partial charge is 0.456 e. The minimum atomic E-state index is 0.0347. The topological polar surface area (TPSA) is 60.4 Å². The molecule has 0 atom stereocenters. The smallest absolute Gasteiger partial charge is 0.200 e. The second-order valence-electron chi connectivity index (χ2n) is 7.35. The first-order valence-corrected chi connectivity index (χ1v) is 9.94. The molecule has 0 amide bonds. The van der Waals surface area contributed by atoms with Gasteiger partial charge in [0.05, 0.1) is 21.5 Å². The highest BCUT2D eigenvalue weighted by Crippen LogP contribution is 2.19. The Hall–Kier alpha value is -4.18. The van der Waals surface area contributed by atoms with Crippen molar-refractivity contribution in [3.8, 4) is 0 Å². The average Bonchev–Trinajstić information content (AvgIpc) is 2.81. The van der Waals surface area contributed by atoms with Gasteiger partial charge < -0.3 is 8.83 Å². The molecule has 6 rings (SSSR count). The fourth-order valence-corrected chi connectivity index (χ4v) is 3.67. The molecule has 6 aromatic rings. The van der Waals surface area contributed by atoms with Crippen molar-refractivity contribution in [1.82, 2.24) is 0 Å². The fourth-order valence-electron chi connectivity index (χ4n) is 3.67. The third kappa shape index (κ3) is 3.38. The molecule has 31 heavy (non-hydrogen) atoms. The maximum atomic E-state index is 12.2. The van der Waals surface area contributed by atoms with Crippen molar-refractivity contribution in [2.75, 3.05) is 0 Å². The van der Waals surface area contributed by atoms with E-state index >= 15 is 0 Å². The molecule has 0 radical (unpaired) electrons. The van der Waals surface area contributed by atoms with Gasteiger partial charge in [-0.1, -0.05) is 48.0 Å². The van der Waals surface area contributed by atoms with Crippen LogP contribution in [0.4, 0.5) is 0 Å². The fraction of sp³-hybridized carbons (Fsp3) is 0.0370. The molecule has 0 saturated heterocycles. The zero-order valence-corrected chi connectivity index (χ0v) is 16.8. The molecule has 2 aromatic heterocycles. The van der Waals surface area contributed by atoms with Gasteiger partial charge in [0.1, 0.15) is 22.3 Å². The van der Waals surface area contributed by atoms with Crippen LogP contribution in [0.2, 0.25) is 0 Å². The molecule has 0 saturated carbocycles. The summed E-state index contributed by atoms with van der Waals surface area (Å²) in [5.41, 5.74) is 3.71. The molecule has 4 heteroatoms. The van der Waals surface area contributed by atoms with E-state index in [4.69, 9.17) is 8.83 Å². The Morgan fingerprint density at radius 3 is 1.35 bits per heavy atom. The lowest BCUT2D eigenvalue weighted by molar-refractivity contribution is 0.659. The van der Waals surface area contributed by atoms with Crippen molar-refractivity contribution >= 4 is 43.9 Å². The highest BCUT2D eigenvalue weighted by molar-refractivity contribution is 5.90. The van der Waals surface area contributed by atoms with Gasteiger partial charge in [0.2, 0.25) is 10.9 Å². The molecule has 0 spiro atoms. The summed E-state index contributed by atoms with van der Waals surface area (Å²) in [6, 6.07) is 27.6. The first-order chi connectivity index (χ1) is 15.1. The zero-order chi connectivity index (χ0) is 21.4. The quantitative estimate of drug-likeness (QED) is 0.282. The maximum absolute atomic E-state index is 12.2. The summed E-state index contributed by atoms with van der Waals surface area (Å²) in [5, 5.41) is 2.56. The number of rotatable bonds is 0. The van der Waals surface area contributed by atoms with E-state index in [0.29, 0.717) is 43.9 Å². The lowest BCUT2D eigenvalue weighted by Crippen LogP contribution is -2.01. The van der Waals surface area contributed by atoms with Crippen molar-refractivity contribution < 1.29 is 8.83 Å². The van der Waals surface area contributed by atoms with E-state index in [2.05, 4.69) is 0 Å². The minimum absolute atomic E-state index is 0.0347. The van der Waals surface area contributed by atoms with Crippen LogP contribution in [0.25, 0.3) is 43.9 Å². The van der Waals surface area contributed by atoms with Crippen molar-refractivity contribution in [2.24, 2.45) is 0 Å². The van der Waals surface area contributed by atoms with Crippen LogP contribution in [0.15, 0.2) is 109 Å². The number of aryl methyl sites for hydroxylation is 1. The minimum Gasteiger partial charge on any atom is -0.456 e. The number of fused-ring (bicyclic) bond motifs is 4. The molecule has 0 fully saturated rings. The van der Waals surface area contributed by atoms with Crippen molar-refractivity contribution in [2.45, 2.75) is 6.92 Å². The summed E-state index contributed by atoms with van der Waals surface area (Å²) >= 11 is 0. The van der Waals surface area contributed by atoms with Gasteiger partial charge in [-0.05, 0) is 55.5 Å². The summed E-state index contributed by atoms with van der Waals surface area (Å²) in [7, 11) is 0. The highest BCUT2D eigenvalue weighted by Gasteiger charge is 2.07. The third-order valence-corrected chi connectivity index (χ3v) is 5.21. The van der Waals surface area contributed by atoms with Gasteiger partial charge in [-0.2, -0.15) is 0 Å². The molecule has 150 valence electrons. The van der Waals surface area contributed by atoms with E-state index in [1.165, 1.54) is 0 Å². The Labute approximate surface area is 177 Å². The molecule has 0 unspecified atom stereocenters. The van der Waals surface area contributed by atoms with Crippen molar-refractivity contribution in [3.63, 3.8) is 0 Å². The van der Waals surface area contributed by atoms with E-state index in [1.807, 2.05) is 79.7 Å². The van der Waals surface area contributed by atoms with E-state index in [1.54, 1.807) is 18.2 Å². The van der Waals surface area contributed by atoms with Crippen LogP contribution >= 0.6 is 0 Å². The van der Waals surface area contributed by atoms with Gasteiger partial charge in [0, 0.05) is 0 Å². The van der Waals surface area contributed by atoms with Crippen LogP contribution in [0, 0.1) is 6.92 Å². The van der Waals surface area contributed by atoms with Gasteiger partial charge in [0.25, 0.3) is 0 Å². The van der Waals surface area contributed by atoms with Crippen LogP contribution in [0.1, 0.15) is 5.56 Å². The number of para-hydroxylation sites is 3. The molecule has 0 aliphatic rings. The first kappa shape index (κ1) is 18.8. The number of benzene rings is 4. The van der Waals surface area contributed by atoms with E-state index in [0.717, 1.165) is 5.56 Å². The molecular weight excluding hydrogens is 388 g/mol. The predicted octanol–water partition coefficient (Wildman–Crippen LogP) is 6.20. The van der Waals surface area contributed by atoms with Gasteiger partial charge in [-0.15, -0.1) is 0 Å². The molecule has 0 bridgehead atoms.